The fourth-order valence-electron chi connectivity index (χ4n) is 5.13. The lowest BCUT2D eigenvalue weighted by atomic mass is 9.72. The summed E-state index contributed by atoms with van der Waals surface area (Å²) >= 11 is 5.71. The zero-order valence-electron chi connectivity index (χ0n) is 19.6. The number of aryl methyl sites for hydroxylation is 1. The fraction of sp³-hybridized carbons (Fsp3) is 0.241. The van der Waals surface area contributed by atoms with Crippen molar-refractivity contribution < 1.29 is 9.52 Å². The molecule has 1 aliphatic heterocycles. The smallest absolute Gasteiger partial charge is 0.336 e. The third-order valence-corrected chi connectivity index (χ3v) is 7.36. The first kappa shape index (κ1) is 23.3. The molecule has 0 spiro atoms. The van der Waals surface area contributed by atoms with Gasteiger partial charge in [0.05, 0.1) is 0 Å². The van der Waals surface area contributed by atoms with E-state index in [4.69, 9.17) is 16.6 Å². The lowest BCUT2D eigenvalue weighted by Gasteiger charge is -2.43. The predicted molar refractivity (Wildman–Crippen MR) is 144 cm³/mol. The third-order valence-electron chi connectivity index (χ3n) is 7.00. The Labute approximate surface area is 210 Å². The number of piperidine rings is 1. The van der Waals surface area contributed by atoms with Gasteiger partial charge in [0.15, 0.2) is 5.11 Å². The van der Waals surface area contributed by atoms with Gasteiger partial charge >= 0.3 is 5.63 Å². The molecule has 3 aromatic carbocycles. The number of hydrogen-bond donors (Lipinski definition) is 2. The average molecular weight is 485 g/mol. The largest absolute Gasteiger partial charge is 0.423 e. The highest BCUT2D eigenvalue weighted by molar-refractivity contribution is 7.80. The monoisotopic (exact) mass is 484 g/mol. The molecular formula is C29H28N2O3S. The topological polar surface area (TPSA) is 65.7 Å². The van der Waals surface area contributed by atoms with Crippen molar-refractivity contribution in [2.24, 2.45) is 5.92 Å². The van der Waals surface area contributed by atoms with Crippen molar-refractivity contribution in [1.29, 1.82) is 0 Å². The Morgan fingerprint density at radius 1 is 0.971 bits per heavy atom. The van der Waals surface area contributed by atoms with E-state index in [0.29, 0.717) is 10.7 Å². The summed E-state index contributed by atoms with van der Waals surface area (Å²) < 4.78 is 5.37. The molecule has 0 atom stereocenters. The Balaban J connectivity index is 1.31. The summed E-state index contributed by atoms with van der Waals surface area (Å²) in [6.45, 7) is 3.37. The van der Waals surface area contributed by atoms with Crippen molar-refractivity contribution in [2.45, 2.75) is 25.4 Å². The number of anilines is 1. The maximum Gasteiger partial charge on any atom is 0.336 e. The number of aliphatic hydroxyl groups is 1. The molecule has 5 rings (SSSR count). The van der Waals surface area contributed by atoms with E-state index < -0.39 is 5.60 Å². The Morgan fingerprint density at radius 2 is 1.57 bits per heavy atom. The van der Waals surface area contributed by atoms with E-state index in [0.717, 1.165) is 53.7 Å². The van der Waals surface area contributed by atoms with Crippen LogP contribution in [0.25, 0.3) is 11.0 Å². The predicted octanol–water partition coefficient (Wildman–Crippen LogP) is 5.45. The molecule has 1 aromatic heterocycles. The minimum absolute atomic E-state index is 0.0595. The SMILES string of the molecule is Cc1cc(=O)oc2cc(NC(=S)N3CCC(C(O)(c4ccccc4)c4ccccc4)CC3)ccc12. The quantitative estimate of drug-likeness (QED) is 0.297. The van der Waals surface area contributed by atoms with Gasteiger partial charge in [0.1, 0.15) is 11.2 Å². The first-order valence-electron chi connectivity index (χ1n) is 11.9. The number of fused-ring (bicyclic) bond motifs is 1. The number of benzene rings is 3. The zero-order valence-corrected chi connectivity index (χ0v) is 20.4. The second-order valence-electron chi connectivity index (χ2n) is 9.15. The van der Waals surface area contributed by atoms with Gasteiger partial charge < -0.3 is 19.7 Å². The van der Waals surface area contributed by atoms with Crippen LogP contribution in [0.2, 0.25) is 0 Å². The number of nitrogens with one attached hydrogen (secondary N) is 1. The molecular weight excluding hydrogens is 456 g/mol. The van der Waals surface area contributed by atoms with Crippen molar-refractivity contribution in [3.05, 3.63) is 112 Å². The zero-order chi connectivity index (χ0) is 24.4. The number of rotatable bonds is 4. The van der Waals surface area contributed by atoms with E-state index in [9.17, 15) is 9.90 Å². The first-order valence-corrected chi connectivity index (χ1v) is 12.3. The number of likely N-dealkylation sites (tertiary alicyclic amines) is 1. The maximum absolute atomic E-state index is 12.1. The molecule has 0 bridgehead atoms. The van der Waals surface area contributed by atoms with E-state index in [1.807, 2.05) is 85.8 Å². The Morgan fingerprint density at radius 3 is 2.17 bits per heavy atom. The summed E-state index contributed by atoms with van der Waals surface area (Å²) in [5, 5.41) is 16.9. The van der Waals surface area contributed by atoms with Crippen LogP contribution in [-0.2, 0) is 5.60 Å². The van der Waals surface area contributed by atoms with Gasteiger partial charge in [-0.1, -0.05) is 60.7 Å². The molecule has 1 fully saturated rings. The van der Waals surface area contributed by atoms with Gasteiger partial charge in [0.25, 0.3) is 0 Å². The van der Waals surface area contributed by atoms with Crippen LogP contribution in [0.4, 0.5) is 5.69 Å². The number of hydrogen-bond acceptors (Lipinski definition) is 4. The molecule has 178 valence electrons. The van der Waals surface area contributed by atoms with Crippen molar-refractivity contribution in [1.82, 2.24) is 4.90 Å². The molecule has 1 aliphatic rings. The summed E-state index contributed by atoms with van der Waals surface area (Å²) in [4.78, 5) is 13.9. The molecule has 0 amide bonds. The van der Waals surface area contributed by atoms with E-state index in [1.54, 1.807) is 0 Å². The van der Waals surface area contributed by atoms with Crippen molar-refractivity contribution in [2.75, 3.05) is 18.4 Å². The van der Waals surface area contributed by atoms with Crippen molar-refractivity contribution in [3.63, 3.8) is 0 Å². The maximum atomic E-state index is 12.1. The molecule has 0 aliphatic carbocycles. The molecule has 5 nitrogen and oxygen atoms in total. The molecule has 6 heteroatoms. The normalized spacial score (nSPS) is 14.7. The highest BCUT2D eigenvalue weighted by Crippen LogP contribution is 2.42. The van der Waals surface area contributed by atoms with Crippen LogP contribution in [0.15, 0.2) is 94.1 Å². The highest BCUT2D eigenvalue weighted by atomic mass is 32.1. The van der Waals surface area contributed by atoms with Gasteiger partial charge in [-0.15, -0.1) is 0 Å². The molecule has 0 radical (unpaired) electrons. The summed E-state index contributed by atoms with van der Waals surface area (Å²) in [5.41, 5.74) is 2.62. The van der Waals surface area contributed by atoms with Crippen LogP contribution in [0, 0.1) is 12.8 Å². The second kappa shape index (κ2) is 9.64. The summed E-state index contributed by atoms with van der Waals surface area (Å²) in [6, 6.07) is 27.1. The Kier molecular flexibility index (Phi) is 6.41. The first-order chi connectivity index (χ1) is 16.9. The molecule has 0 unspecified atom stereocenters. The standard InChI is InChI=1S/C29H28N2O3S/c1-20-18-27(32)34-26-19-24(12-13-25(20)26)30-28(35)31-16-14-23(15-17-31)29(33,21-8-4-2-5-9-21)22-10-6-3-7-11-22/h2-13,18-19,23,33H,14-17H2,1H3,(H,30,35). The molecule has 0 saturated carbocycles. The van der Waals surface area contributed by atoms with Crippen LogP contribution < -0.4 is 10.9 Å². The van der Waals surface area contributed by atoms with Crippen molar-refractivity contribution >= 4 is 34.0 Å². The van der Waals surface area contributed by atoms with Gasteiger partial charge in [-0.25, -0.2) is 4.79 Å². The van der Waals surface area contributed by atoms with E-state index in [2.05, 4.69) is 10.2 Å². The van der Waals surface area contributed by atoms with E-state index in [1.165, 1.54) is 6.07 Å². The lowest BCUT2D eigenvalue weighted by molar-refractivity contribution is -0.00631. The number of nitrogens with zero attached hydrogens (tertiary/aromatic N) is 1. The molecule has 1 saturated heterocycles. The van der Waals surface area contributed by atoms with Gasteiger partial charge in [-0.3, -0.25) is 0 Å². The summed E-state index contributed by atoms with van der Waals surface area (Å²) in [5.74, 6) is 0.0595. The van der Waals surface area contributed by atoms with Crippen LogP contribution in [-0.4, -0.2) is 28.2 Å². The second-order valence-corrected chi connectivity index (χ2v) is 9.54. The molecule has 2 heterocycles. The molecule has 2 N–H and O–H groups in total. The lowest BCUT2D eigenvalue weighted by Crippen LogP contribution is -2.47. The summed E-state index contributed by atoms with van der Waals surface area (Å²) in [7, 11) is 0. The highest BCUT2D eigenvalue weighted by Gasteiger charge is 2.41. The van der Waals surface area contributed by atoms with Crippen LogP contribution in [0.5, 0.6) is 0 Å². The Bertz CT molecular complexity index is 1350. The fourth-order valence-corrected chi connectivity index (χ4v) is 5.43. The van der Waals surface area contributed by atoms with Crippen molar-refractivity contribution in [3.8, 4) is 0 Å². The Hall–Kier alpha value is -3.48. The van der Waals surface area contributed by atoms with Gasteiger partial charge in [0, 0.05) is 36.3 Å². The van der Waals surface area contributed by atoms with Gasteiger partial charge in [0.2, 0.25) is 0 Å². The van der Waals surface area contributed by atoms with E-state index in [-0.39, 0.29) is 11.5 Å². The van der Waals surface area contributed by atoms with Crippen LogP contribution >= 0.6 is 12.2 Å². The minimum Gasteiger partial charge on any atom is -0.423 e. The minimum atomic E-state index is -1.06. The third kappa shape index (κ3) is 4.59. The van der Waals surface area contributed by atoms with Gasteiger partial charge in [-0.2, -0.15) is 0 Å². The van der Waals surface area contributed by atoms with Gasteiger partial charge in [-0.05, 0) is 66.7 Å². The van der Waals surface area contributed by atoms with Crippen LogP contribution in [0.3, 0.4) is 0 Å². The average Bonchev–Trinajstić information content (AvgIpc) is 2.89. The van der Waals surface area contributed by atoms with E-state index >= 15 is 0 Å². The van der Waals surface area contributed by atoms with Crippen LogP contribution in [0.1, 0.15) is 29.5 Å². The molecule has 4 aromatic rings. The summed E-state index contributed by atoms with van der Waals surface area (Å²) in [6.07, 6.45) is 1.60. The molecule has 35 heavy (non-hydrogen) atoms. The number of thiocarbonyl (C=S) groups is 1.